The van der Waals surface area contributed by atoms with E-state index in [2.05, 4.69) is 36.3 Å². The molecule has 4 heterocycles. The summed E-state index contributed by atoms with van der Waals surface area (Å²) in [6, 6.07) is 12.0. The minimum atomic E-state index is 0.00363. The van der Waals surface area contributed by atoms with E-state index in [1.807, 2.05) is 47.3 Å². The van der Waals surface area contributed by atoms with Crippen molar-refractivity contribution in [2.45, 2.75) is 19.3 Å². The molecule has 2 aliphatic rings. The van der Waals surface area contributed by atoms with Gasteiger partial charge in [-0.1, -0.05) is 29.0 Å². The predicted molar refractivity (Wildman–Crippen MR) is 142 cm³/mol. The van der Waals surface area contributed by atoms with E-state index < -0.39 is 0 Å². The summed E-state index contributed by atoms with van der Waals surface area (Å²) in [6.07, 6.45) is 6.83. The third kappa shape index (κ3) is 6.15. The monoisotopic (exact) mass is 513 g/mol. The van der Waals surface area contributed by atoms with E-state index in [-0.39, 0.29) is 11.8 Å². The van der Waals surface area contributed by atoms with Crippen LogP contribution < -0.4 is 15.1 Å². The van der Waals surface area contributed by atoms with E-state index >= 15 is 0 Å². The van der Waals surface area contributed by atoms with Crippen LogP contribution in [0.15, 0.2) is 48.8 Å². The van der Waals surface area contributed by atoms with Crippen molar-refractivity contribution in [2.75, 3.05) is 62.2 Å². The van der Waals surface area contributed by atoms with Gasteiger partial charge in [-0.2, -0.15) is 0 Å². The second-order valence-corrected chi connectivity index (χ2v) is 10.6. The largest absolute Gasteiger partial charge is 0.369 e. The summed E-state index contributed by atoms with van der Waals surface area (Å²) in [5.41, 5.74) is 1.19. The van der Waals surface area contributed by atoms with E-state index in [9.17, 15) is 4.79 Å². The molecule has 0 radical (unpaired) electrons. The molecule has 2 fully saturated rings. The average Bonchev–Trinajstić information content (AvgIpc) is 3.60. The lowest BCUT2D eigenvalue weighted by molar-refractivity contribution is -0.125. The van der Waals surface area contributed by atoms with Crippen LogP contribution >= 0.6 is 22.9 Å². The van der Waals surface area contributed by atoms with Gasteiger partial charge < -0.3 is 15.1 Å². The molecule has 1 N–H and O–H groups in total. The number of amides is 1. The van der Waals surface area contributed by atoms with Gasteiger partial charge in [-0.05, 0) is 56.1 Å². The summed E-state index contributed by atoms with van der Waals surface area (Å²) < 4.78 is 1.96. The zero-order valence-electron chi connectivity index (χ0n) is 19.9. The van der Waals surface area contributed by atoms with E-state index in [1.54, 1.807) is 11.3 Å². The summed E-state index contributed by atoms with van der Waals surface area (Å²) in [7, 11) is 0. The maximum absolute atomic E-state index is 12.8. The van der Waals surface area contributed by atoms with Crippen molar-refractivity contribution < 1.29 is 4.79 Å². The molecule has 2 saturated heterocycles. The highest BCUT2D eigenvalue weighted by molar-refractivity contribution is 7.17. The van der Waals surface area contributed by atoms with Crippen molar-refractivity contribution in [1.82, 2.24) is 25.0 Å². The van der Waals surface area contributed by atoms with Gasteiger partial charge in [0.05, 0.1) is 5.92 Å². The molecule has 8 nitrogen and oxygen atoms in total. The van der Waals surface area contributed by atoms with Crippen molar-refractivity contribution in [3.63, 3.8) is 0 Å². The molecular weight excluding hydrogens is 482 g/mol. The van der Waals surface area contributed by atoms with Crippen molar-refractivity contribution >= 4 is 39.7 Å². The molecule has 0 saturated carbocycles. The van der Waals surface area contributed by atoms with Gasteiger partial charge in [-0.15, -0.1) is 10.2 Å². The minimum Gasteiger partial charge on any atom is -0.369 e. The Balaban J connectivity index is 1.02. The lowest BCUT2D eigenvalue weighted by atomic mass is 9.97. The maximum atomic E-state index is 12.8. The van der Waals surface area contributed by atoms with Crippen LogP contribution in [0.5, 0.6) is 0 Å². The maximum Gasteiger partial charge on any atom is 0.224 e. The molecule has 35 heavy (non-hydrogen) atoms. The normalized spacial score (nSPS) is 19.2. The Bertz CT molecular complexity index is 1100. The van der Waals surface area contributed by atoms with Crippen LogP contribution in [0, 0.1) is 5.92 Å². The van der Waals surface area contributed by atoms with Crippen LogP contribution in [-0.4, -0.2) is 77.9 Å². The highest BCUT2D eigenvalue weighted by Gasteiger charge is 2.27. The van der Waals surface area contributed by atoms with E-state index in [0.717, 1.165) is 80.4 Å². The van der Waals surface area contributed by atoms with Crippen LogP contribution in [0.1, 0.15) is 19.3 Å². The second-order valence-electron chi connectivity index (χ2n) is 9.20. The summed E-state index contributed by atoms with van der Waals surface area (Å²) >= 11 is 7.70. The first-order valence-electron chi connectivity index (χ1n) is 12.4. The summed E-state index contributed by atoms with van der Waals surface area (Å²) in [4.78, 5) is 19.9. The Labute approximate surface area is 215 Å². The molecule has 0 bridgehead atoms. The zero-order valence-corrected chi connectivity index (χ0v) is 21.4. The first-order valence-corrected chi connectivity index (χ1v) is 13.6. The average molecular weight is 514 g/mol. The highest BCUT2D eigenvalue weighted by atomic mass is 35.5. The fourth-order valence-electron chi connectivity index (χ4n) is 4.83. The predicted octanol–water partition coefficient (Wildman–Crippen LogP) is 3.53. The Hall–Kier alpha value is -2.62. The van der Waals surface area contributed by atoms with Crippen molar-refractivity contribution in [1.29, 1.82) is 0 Å². The van der Waals surface area contributed by atoms with Crippen LogP contribution in [0.25, 0.3) is 5.13 Å². The third-order valence-electron chi connectivity index (χ3n) is 6.79. The lowest BCUT2D eigenvalue weighted by Gasteiger charge is -2.36. The Morgan fingerprint density at radius 3 is 2.63 bits per heavy atom. The molecule has 0 spiro atoms. The van der Waals surface area contributed by atoms with Gasteiger partial charge in [0.15, 0.2) is 0 Å². The summed E-state index contributed by atoms with van der Waals surface area (Å²) in [5, 5.41) is 14.4. The third-order valence-corrected chi connectivity index (χ3v) is 8.02. The molecule has 1 aromatic carbocycles. The molecule has 186 valence electrons. The first kappa shape index (κ1) is 24.1. The number of halogens is 1. The number of nitrogens with zero attached hydrogens (tertiary/aromatic N) is 6. The zero-order chi connectivity index (χ0) is 24.0. The fraction of sp³-hybridized carbons (Fsp3) is 0.480. The molecule has 2 aromatic heterocycles. The van der Waals surface area contributed by atoms with Gasteiger partial charge in [0.2, 0.25) is 16.2 Å². The topological polar surface area (TPSA) is 69.5 Å². The molecule has 10 heteroatoms. The quantitative estimate of drug-likeness (QED) is 0.465. The first-order chi connectivity index (χ1) is 17.2. The van der Waals surface area contributed by atoms with Crippen molar-refractivity contribution in [3.8, 4) is 5.13 Å². The molecule has 3 aromatic rings. The molecule has 2 aliphatic heterocycles. The number of anilines is 2. The number of benzene rings is 1. The molecule has 5 rings (SSSR count). The molecule has 1 atom stereocenters. The number of piperidine rings is 1. The number of rotatable bonds is 8. The summed E-state index contributed by atoms with van der Waals surface area (Å²) in [5.74, 6) is 0.166. The standard InChI is InChI=1S/C25H32ClN7OS/c26-21-7-3-8-22(18-21)31-16-14-30(15-17-31)10-5-9-27-23(34)20-6-4-13-33(19-20)25-29-28-24(35-25)32-11-1-2-12-32/h1-3,7-8,11-12,18,20H,4-6,9-10,13-17,19H2,(H,27,34)/t20-/m1/s1. The Morgan fingerprint density at radius 2 is 1.83 bits per heavy atom. The number of carbonyl (C=O) groups excluding carboxylic acids is 1. The van der Waals surface area contributed by atoms with Gasteiger partial charge in [0, 0.05) is 68.9 Å². The molecule has 0 aliphatic carbocycles. The van der Waals surface area contributed by atoms with Gasteiger partial charge >= 0.3 is 0 Å². The minimum absolute atomic E-state index is 0.00363. The number of aromatic nitrogens is 3. The Morgan fingerprint density at radius 1 is 1.03 bits per heavy atom. The van der Waals surface area contributed by atoms with Crippen molar-refractivity contribution in [3.05, 3.63) is 53.8 Å². The van der Waals surface area contributed by atoms with Crippen LogP contribution in [0.3, 0.4) is 0 Å². The van der Waals surface area contributed by atoms with Gasteiger partial charge in [0.25, 0.3) is 0 Å². The van der Waals surface area contributed by atoms with E-state index in [1.165, 1.54) is 5.69 Å². The number of hydrogen-bond donors (Lipinski definition) is 1. The van der Waals surface area contributed by atoms with Gasteiger partial charge in [0.1, 0.15) is 0 Å². The number of piperazine rings is 1. The fourth-order valence-corrected chi connectivity index (χ4v) is 5.86. The SMILES string of the molecule is O=C(NCCCN1CCN(c2cccc(Cl)c2)CC1)[C@@H]1CCCN(c2nnc(-n3cccc3)s2)C1. The number of hydrogen-bond acceptors (Lipinski definition) is 7. The molecular formula is C25H32ClN7OS. The van der Waals surface area contributed by atoms with E-state index in [0.29, 0.717) is 6.54 Å². The lowest BCUT2D eigenvalue weighted by Crippen LogP contribution is -2.47. The summed E-state index contributed by atoms with van der Waals surface area (Å²) in [6.45, 7) is 7.43. The van der Waals surface area contributed by atoms with E-state index in [4.69, 9.17) is 11.6 Å². The highest BCUT2D eigenvalue weighted by Crippen LogP contribution is 2.28. The molecule has 1 amide bonds. The second kappa shape index (κ2) is 11.4. The van der Waals surface area contributed by atoms with Gasteiger partial charge in [-0.3, -0.25) is 14.3 Å². The van der Waals surface area contributed by atoms with Crippen LogP contribution in [-0.2, 0) is 4.79 Å². The number of nitrogens with one attached hydrogen (secondary N) is 1. The van der Waals surface area contributed by atoms with Crippen LogP contribution in [0.4, 0.5) is 10.8 Å². The van der Waals surface area contributed by atoms with Crippen LogP contribution in [0.2, 0.25) is 5.02 Å². The smallest absolute Gasteiger partial charge is 0.224 e. The Kier molecular flexibility index (Phi) is 7.85. The van der Waals surface area contributed by atoms with Gasteiger partial charge in [-0.25, -0.2) is 0 Å². The van der Waals surface area contributed by atoms with Crippen molar-refractivity contribution in [2.24, 2.45) is 5.92 Å². The number of carbonyl (C=O) groups is 1. The molecule has 0 unspecified atom stereocenters.